The fourth-order valence-corrected chi connectivity index (χ4v) is 5.97. The van der Waals surface area contributed by atoms with Crippen LogP contribution in [0.1, 0.15) is 22.3 Å². The Labute approximate surface area is 187 Å². The quantitative estimate of drug-likeness (QED) is 0.284. The van der Waals surface area contributed by atoms with E-state index < -0.39 is 0 Å². The van der Waals surface area contributed by atoms with E-state index in [0.717, 1.165) is 5.69 Å². The monoisotopic (exact) mass is 407 g/mol. The second-order valence-electron chi connectivity index (χ2n) is 8.77. The van der Waals surface area contributed by atoms with Gasteiger partial charge in [-0.15, -0.1) is 0 Å². The third-order valence-electron chi connectivity index (χ3n) is 7.22. The summed E-state index contributed by atoms with van der Waals surface area (Å²) in [5.41, 5.74) is 19.8. The lowest BCUT2D eigenvalue weighted by Crippen LogP contribution is -2.26. The minimum absolute atomic E-state index is 0.349. The molecule has 0 saturated heterocycles. The highest BCUT2D eigenvalue weighted by Crippen LogP contribution is 2.63. The summed E-state index contributed by atoms with van der Waals surface area (Å²) in [6.07, 6.45) is 0. The Balaban J connectivity index is 1.65. The molecule has 2 aliphatic carbocycles. The van der Waals surface area contributed by atoms with Crippen molar-refractivity contribution in [1.82, 2.24) is 0 Å². The molecule has 2 N–H and O–H groups in total. The number of hydrogen-bond acceptors (Lipinski definition) is 1. The minimum atomic E-state index is -0.349. The van der Waals surface area contributed by atoms with Crippen molar-refractivity contribution in [2.45, 2.75) is 5.41 Å². The van der Waals surface area contributed by atoms with Gasteiger partial charge >= 0.3 is 0 Å². The lowest BCUT2D eigenvalue weighted by atomic mass is 9.70. The van der Waals surface area contributed by atoms with Crippen LogP contribution in [0.4, 0.5) is 5.69 Å². The van der Waals surface area contributed by atoms with Gasteiger partial charge in [-0.2, -0.15) is 0 Å². The summed E-state index contributed by atoms with van der Waals surface area (Å²) in [6.45, 7) is 0. The predicted molar refractivity (Wildman–Crippen MR) is 133 cm³/mol. The highest BCUT2D eigenvalue weighted by atomic mass is 14.6. The lowest BCUT2D eigenvalue weighted by Gasteiger charge is -2.30. The average Bonchev–Trinajstić information content (AvgIpc) is 3.31. The summed E-state index contributed by atoms with van der Waals surface area (Å²) in [4.78, 5) is 0. The number of benzene rings is 5. The summed E-state index contributed by atoms with van der Waals surface area (Å²) >= 11 is 0. The van der Waals surface area contributed by atoms with Gasteiger partial charge < -0.3 is 5.73 Å². The SMILES string of the molecule is Nc1ccc2c(c1)C1(c3ccccc3-2)c2ccccc2-c2ccc(-c3ccccc3)cc21. The smallest absolute Gasteiger partial charge is 0.0726 e. The average molecular weight is 408 g/mol. The van der Waals surface area contributed by atoms with Gasteiger partial charge in [-0.3, -0.25) is 0 Å². The molecule has 1 atom stereocenters. The van der Waals surface area contributed by atoms with Crippen molar-refractivity contribution >= 4 is 5.69 Å². The predicted octanol–water partition coefficient (Wildman–Crippen LogP) is 7.28. The lowest BCUT2D eigenvalue weighted by molar-refractivity contribution is 0.794. The molecule has 1 unspecified atom stereocenters. The normalized spacial score (nSPS) is 17.0. The second-order valence-corrected chi connectivity index (χ2v) is 8.77. The molecule has 0 amide bonds. The zero-order valence-corrected chi connectivity index (χ0v) is 17.5. The van der Waals surface area contributed by atoms with E-state index >= 15 is 0 Å². The molecule has 32 heavy (non-hydrogen) atoms. The molecule has 1 spiro atoms. The van der Waals surface area contributed by atoms with Crippen LogP contribution in [-0.2, 0) is 5.41 Å². The Morgan fingerprint density at radius 3 is 1.62 bits per heavy atom. The van der Waals surface area contributed by atoms with Crippen molar-refractivity contribution in [2.75, 3.05) is 5.73 Å². The van der Waals surface area contributed by atoms with Crippen LogP contribution in [0.15, 0.2) is 115 Å². The second kappa shape index (κ2) is 6.21. The molecule has 1 heteroatoms. The molecule has 0 bridgehead atoms. The Kier molecular flexibility index (Phi) is 3.41. The van der Waals surface area contributed by atoms with Gasteiger partial charge in [0.25, 0.3) is 0 Å². The van der Waals surface area contributed by atoms with Gasteiger partial charge in [-0.05, 0) is 73.8 Å². The standard InChI is InChI=1S/C31H21N/c32-22-15-17-26-24-11-5-7-13-28(24)31(30(26)19-22)27-12-6-4-10-23(27)25-16-14-21(18-29(25)31)20-8-2-1-3-9-20/h1-19H,32H2. The number of nitrogens with two attached hydrogens (primary N) is 1. The Morgan fingerprint density at radius 1 is 0.406 bits per heavy atom. The minimum Gasteiger partial charge on any atom is -0.399 e. The highest BCUT2D eigenvalue weighted by molar-refractivity contribution is 5.96. The zero-order chi connectivity index (χ0) is 21.3. The molecular weight excluding hydrogens is 386 g/mol. The molecule has 5 aromatic carbocycles. The van der Waals surface area contributed by atoms with E-state index in [1.807, 2.05) is 6.07 Å². The zero-order valence-electron chi connectivity index (χ0n) is 17.5. The summed E-state index contributed by atoms with van der Waals surface area (Å²) in [7, 11) is 0. The van der Waals surface area contributed by atoms with E-state index in [1.165, 1.54) is 55.6 Å². The number of nitrogen functional groups attached to an aromatic ring is 1. The molecule has 2 aliphatic rings. The molecule has 5 aromatic rings. The van der Waals surface area contributed by atoms with Crippen LogP contribution >= 0.6 is 0 Å². The van der Waals surface area contributed by atoms with Crippen molar-refractivity contribution in [3.63, 3.8) is 0 Å². The highest BCUT2D eigenvalue weighted by Gasteiger charge is 2.51. The molecular formula is C31H21N. The maximum absolute atomic E-state index is 6.38. The van der Waals surface area contributed by atoms with Crippen LogP contribution in [0.2, 0.25) is 0 Å². The largest absolute Gasteiger partial charge is 0.399 e. The number of hydrogen-bond donors (Lipinski definition) is 1. The maximum Gasteiger partial charge on any atom is 0.0726 e. The van der Waals surface area contributed by atoms with E-state index in [0.29, 0.717) is 0 Å². The fourth-order valence-electron chi connectivity index (χ4n) is 5.97. The fraction of sp³-hybridized carbons (Fsp3) is 0.0323. The van der Waals surface area contributed by atoms with E-state index in [4.69, 9.17) is 5.73 Å². The molecule has 7 rings (SSSR count). The molecule has 0 saturated carbocycles. The third kappa shape index (κ3) is 2.08. The molecule has 150 valence electrons. The molecule has 0 aliphatic heterocycles. The summed E-state index contributed by atoms with van der Waals surface area (Å²) in [6, 6.07) is 41.7. The topological polar surface area (TPSA) is 26.0 Å². The van der Waals surface area contributed by atoms with Crippen molar-refractivity contribution in [3.8, 4) is 33.4 Å². The van der Waals surface area contributed by atoms with Gasteiger partial charge in [0, 0.05) is 5.69 Å². The molecule has 0 heterocycles. The van der Waals surface area contributed by atoms with E-state index in [1.54, 1.807) is 0 Å². The van der Waals surface area contributed by atoms with Gasteiger partial charge in [-0.25, -0.2) is 0 Å². The first-order valence-electron chi connectivity index (χ1n) is 11.1. The molecule has 0 aromatic heterocycles. The number of anilines is 1. The van der Waals surface area contributed by atoms with Crippen molar-refractivity contribution < 1.29 is 0 Å². The van der Waals surface area contributed by atoms with Crippen LogP contribution in [0.3, 0.4) is 0 Å². The molecule has 1 nitrogen and oxygen atoms in total. The first-order chi connectivity index (χ1) is 15.8. The van der Waals surface area contributed by atoms with Crippen LogP contribution in [0.5, 0.6) is 0 Å². The van der Waals surface area contributed by atoms with E-state index in [9.17, 15) is 0 Å². The van der Waals surface area contributed by atoms with Gasteiger partial charge in [0.15, 0.2) is 0 Å². The molecule has 0 fully saturated rings. The van der Waals surface area contributed by atoms with Gasteiger partial charge in [-0.1, -0.05) is 97.1 Å². The van der Waals surface area contributed by atoms with Crippen molar-refractivity contribution in [3.05, 3.63) is 138 Å². The summed E-state index contributed by atoms with van der Waals surface area (Å²) in [5, 5.41) is 0. The van der Waals surface area contributed by atoms with Crippen LogP contribution in [0.25, 0.3) is 33.4 Å². The third-order valence-corrected chi connectivity index (χ3v) is 7.22. The van der Waals surface area contributed by atoms with E-state index in [-0.39, 0.29) is 5.41 Å². The summed E-state index contributed by atoms with van der Waals surface area (Å²) < 4.78 is 0. The van der Waals surface area contributed by atoms with Crippen LogP contribution in [0, 0.1) is 0 Å². The maximum atomic E-state index is 6.38. The Morgan fingerprint density at radius 2 is 0.938 bits per heavy atom. The summed E-state index contributed by atoms with van der Waals surface area (Å²) in [5.74, 6) is 0. The van der Waals surface area contributed by atoms with E-state index in [2.05, 4.69) is 109 Å². The Bertz CT molecular complexity index is 1520. The number of rotatable bonds is 1. The van der Waals surface area contributed by atoms with Gasteiger partial charge in [0.2, 0.25) is 0 Å². The number of fused-ring (bicyclic) bond motifs is 10. The van der Waals surface area contributed by atoms with Crippen LogP contribution < -0.4 is 5.73 Å². The van der Waals surface area contributed by atoms with Crippen LogP contribution in [-0.4, -0.2) is 0 Å². The Hall–Kier alpha value is -4.10. The van der Waals surface area contributed by atoms with Crippen molar-refractivity contribution in [1.29, 1.82) is 0 Å². The molecule has 0 radical (unpaired) electrons. The first kappa shape index (κ1) is 17.6. The van der Waals surface area contributed by atoms with Crippen molar-refractivity contribution in [2.24, 2.45) is 0 Å². The van der Waals surface area contributed by atoms with Gasteiger partial charge in [0.05, 0.1) is 5.41 Å². The first-order valence-corrected chi connectivity index (χ1v) is 11.1. The van der Waals surface area contributed by atoms with Gasteiger partial charge in [0.1, 0.15) is 0 Å².